The van der Waals surface area contributed by atoms with Gasteiger partial charge in [-0.3, -0.25) is 4.90 Å². The smallest absolute Gasteiger partial charge is 0.0594 e. The summed E-state index contributed by atoms with van der Waals surface area (Å²) < 4.78 is 5.34. The molecule has 0 aromatic heterocycles. The molecule has 1 N–H and O–H groups in total. The highest BCUT2D eigenvalue weighted by molar-refractivity contribution is 4.68. The van der Waals surface area contributed by atoms with Crippen molar-refractivity contribution >= 4 is 0 Å². The predicted molar refractivity (Wildman–Crippen MR) is 71.3 cm³/mol. The van der Waals surface area contributed by atoms with Crippen molar-refractivity contribution in [1.29, 1.82) is 0 Å². The molecule has 1 saturated heterocycles. The molecule has 0 amide bonds. The molecule has 0 radical (unpaired) electrons. The van der Waals surface area contributed by atoms with Gasteiger partial charge >= 0.3 is 0 Å². The van der Waals surface area contributed by atoms with E-state index in [1.165, 1.54) is 51.6 Å². The fourth-order valence-corrected chi connectivity index (χ4v) is 3.00. The fraction of sp³-hybridized carbons (Fsp3) is 1.00. The molecular formula is C14H28N2O. The summed E-state index contributed by atoms with van der Waals surface area (Å²) in [6.07, 6.45) is 8.77. The van der Waals surface area contributed by atoms with Crippen molar-refractivity contribution in [2.24, 2.45) is 5.92 Å². The lowest BCUT2D eigenvalue weighted by Gasteiger charge is -2.26. The van der Waals surface area contributed by atoms with E-state index in [4.69, 9.17) is 4.74 Å². The summed E-state index contributed by atoms with van der Waals surface area (Å²) in [5.41, 5.74) is 0. The second-order valence-corrected chi connectivity index (χ2v) is 5.50. The molecule has 0 unspecified atom stereocenters. The maximum absolute atomic E-state index is 5.34. The minimum Gasteiger partial charge on any atom is -0.379 e. The van der Waals surface area contributed by atoms with Gasteiger partial charge in [0.1, 0.15) is 0 Å². The third-order valence-electron chi connectivity index (χ3n) is 4.15. The standard InChI is InChI=1S/C14H28N2O/c1-2-5-14(4-1)6-3-7-15-8-9-16-10-12-17-13-11-16/h14-15H,1-13H2. The van der Waals surface area contributed by atoms with E-state index in [0.29, 0.717) is 0 Å². The maximum Gasteiger partial charge on any atom is 0.0594 e. The zero-order valence-corrected chi connectivity index (χ0v) is 11.1. The van der Waals surface area contributed by atoms with Crippen LogP contribution < -0.4 is 5.32 Å². The lowest BCUT2D eigenvalue weighted by molar-refractivity contribution is 0.0384. The largest absolute Gasteiger partial charge is 0.379 e. The Morgan fingerprint density at radius 1 is 1.06 bits per heavy atom. The summed E-state index contributed by atoms with van der Waals surface area (Å²) in [5.74, 6) is 1.05. The number of nitrogens with one attached hydrogen (secondary N) is 1. The van der Waals surface area contributed by atoms with Gasteiger partial charge in [0.2, 0.25) is 0 Å². The topological polar surface area (TPSA) is 24.5 Å². The number of nitrogens with zero attached hydrogens (tertiary/aromatic N) is 1. The molecule has 100 valence electrons. The van der Waals surface area contributed by atoms with E-state index in [2.05, 4.69) is 10.2 Å². The second-order valence-electron chi connectivity index (χ2n) is 5.50. The highest BCUT2D eigenvalue weighted by Crippen LogP contribution is 2.28. The van der Waals surface area contributed by atoms with E-state index >= 15 is 0 Å². The summed E-state index contributed by atoms with van der Waals surface area (Å²) in [6, 6.07) is 0. The third kappa shape index (κ3) is 5.36. The van der Waals surface area contributed by atoms with E-state index in [1.54, 1.807) is 0 Å². The zero-order valence-electron chi connectivity index (χ0n) is 11.1. The number of hydrogen-bond donors (Lipinski definition) is 1. The molecule has 17 heavy (non-hydrogen) atoms. The molecule has 1 aliphatic carbocycles. The lowest BCUT2D eigenvalue weighted by atomic mass is 10.0. The van der Waals surface area contributed by atoms with Crippen molar-refractivity contribution < 1.29 is 4.74 Å². The van der Waals surface area contributed by atoms with Crippen molar-refractivity contribution in [2.45, 2.75) is 38.5 Å². The Morgan fingerprint density at radius 3 is 2.59 bits per heavy atom. The Bertz CT molecular complexity index is 187. The van der Waals surface area contributed by atoms with Crippen LogP contribution in [0.5, 0.6) is 0 Å². The van der Waals surface area contributed by atoms with Crippen LogP contribution in [0.2, 0.25) is 0 Å². The van der Waals surface area contributed by atoms with Gasteiger partial charge in [-0.25, -0.2) is 0 Å². The summed E-state index contributed by atoms with van der Waals surface area (Å²) in [6.45, 7) is 7.61. The van der Waals surface area contributed by atoms with Gasteiger partial charge in [0.05, 0.1) is 13.2 Å². The van der Waals surface area contributed by atoms with Crippen LogP contribution in [-0.2, 0) is 4.74 Å². The van der Waals surface area contributed by atoms with Crippen molar-refractivity contribution in [3.05, 3.63) is 0 Å². The Labute approximate surface area is 106 Å². The molecule has 3 heteroatoms. The highest BCUT2D eigenvalue weighted by Gasteiger charge is 2.14. The first-order chi connectivity index (χ1) is 8.45. The first-order valence-corrected chi connectivity index (χ1v) is 7.46. The molecule has 0 bridgehead atoms. The molecule has 3 nitrogen and oxygen atoms in total. The zero-order chi connectivity index (χ0) is 11.8. The summed E-state index contributed by atoms with van der Waals surface area (Å²) in [5, 5.41) is 3.57. The molecule has 1 saturated carbocycles. The van der Waals surface area contributed by atoms with Crippen LogP contribution >= 0.6 is 0 Å². The van der Waals surface area contributed by atoms with Crippen molar-refractivity contribution in [2.75, 3.05) is 45.9 Å². The minimum atomic E-state index is 0.918. The van der Waals surface area contributed by atoms with Gasteiger partial charge in [0, 0.05) is 26.2 Å². The van der Waals surface area contributed by atoms with Crippen molar-refractivity contribution in [1.82, 2.24) is 10.2 Å². The van der Waals surface area contributed by atoms with Gasteiger partial charge in [-0.2, -0.15) is 0 Å². The van der Waals surface area contributed by atoms with Gasteiger partial charge in [0.25, 0.3) is 0 Å². The molecule has 2 fully saturated rings. The van der Waals surface area contributed by atoms with E-state index in [0.717, 1.165) is 38.8 Å². The molecule has 1 aliphatic heterocycles. The molecular weight excluding hydrogens is 212 g/mol. The molecule has 2 aliphatic rings. The van der Waals surface area contributed by atoms with E-state index in [1.807, 2.05) is 0 Å². The van der Waals surface area contributed by atoms with Gasteiger partial charge in [-0.1, -0.05) is 25.7 Å². The van der Waals surface area contributed by atoms with Gasteiger partial charge in [-0.15, -0.1) is 0 Å². The van der Waals surface area contributed by atoms with Crippen LogP contribution in [0.25, 0.3) is 0 Å². The van der Waals surface area contributed by atoms with Gasteiger partial charge in [-0.05, 0) is 25.3 Å². The van der Waals surface area contributed by atoms with Crippen LogP contribution in [-0.4, -0.2) is 50.8 Å². The third-order valence-corrected chi connectivity index (χ3v) is 4.15. The van der Waals surface area contributed by atoms with Crippen molar-refractivity contribution in [3.8, 4) is 0 Å². The molecule has 0 aromatic rings. The average molecular weight is 240 g/mol. The van der Waals surface area contributed by atoms with Crippen LogP contribution in [0.1, 0.15) is 38.5 Å². The Hall–Kier alpha value is -0.120. The first-order valence-electron chi connectivity index (χ1n) is 7.46. The number of hydrogen-bond acceptors (Lipinski definition) is 3. The quantitative estimate of drug-likeness (QED) is 0.688. The van der Waals surface area contributed by atoms with E-state index in [-0.39, 0.29) is 0 Å². The van der Waals surface area contributed by atoms with E-state index in [9.17, 15) is 0 Å². The SMILES string of the molecule is C1CCC(CCCNCCN2CCOCC2)C1. The van der Waals surface area contributed by atoms with Crippen LogP contribution in [0.15, 0.2) is 0 Å². The maximum atomic E-state index is 5.34. The van der Waals surface area contributed by atoms with E-state index < -0.39 is 0 Å². The van der Waals surface area contributed by atoms with Gasteiger partial charge < -0.3 is 10.1 Å². The summed E-state index contributed by atoms with van der Waals surface area (Å²) in [4.78, 5) is 2.49. The van der Waals surface area contributed by atoms with Crippen LogP contribution in [0.4, 0.5) is 0 Å². The average Bonchev–Trinajstić information content (AvgIpc) is 2.88. The summed E-state index contributed by atoms with van der Waals surface area (Å²) >= 11 is 0. The minimum absolute atomic E-state index is 0.918. The normalized spacial score (nSPS) is 23.3. The van der Waals surface area contributed by atoms with Crippen molar-refractivity contribution in [3.63, 3.8) is 0 Å². The Morgan fingerprint density at radius 2 is 1.82 bits per heavy atom. The number of morpholine rings is 1. The van der Waals surface area contributed by atoms with Gasteiger partial charge in [0.15, 0.2) is 0 Å². The van der Waals surface area contributed by atoms with Crippen LogP contribution in [0, 0.1) is 5.92 Å². The molecule has 0 spiro atoms. The first kappa shape index (κ1) is 13.3. The Balaban J connectivity index is 1.38. The summed E-state index contributed by atoms with van der Waals surface area (Å²) in [7, 11) is 0. The number of ether oxygens (including phenoxy) is 1. The molecule has 1 heterocycles. The second kappa shape index (κ2) is 8.06. The molecule has 0 aromatic carbocycles. The monoisotopic (exact) mass is 240 g/mol. The lowest BCUT2D eigenvalue weighted by Crippen LogP contribution is -2.40. The molecule has 2 rings (SSSR count). The number of rotatable bonds is 7. The fourth-order valence-electron chi connectivity index (χ4n) is 3.00. The predicted octanol–water partition coefficient (Wildman–Crippen LogP) is 1.88. The van der Waals surface area contributed by atoms with Crippen LogP contribution in [0.3, 0.4) is 0 Å². The Kier molecular flexibility index (Phi) is 6.32. The highest BCUT2D eigenvalue weighted by atomic mass is 16.5. The molecule has 0 atom stereocenters.